The van der Waals surface area contributed by atoms with Crippen LogP contribution >= 0.6 is 0 Å². The SMILES string of the molecule is CCN(c1ccc(NC(=O)CN2CCCN(C(C)=O)CC2)cc1)C(C)C. The molecule has 1 N–H and O–H groups in total. The summed E-state index contributed by atoms with van der Waals surface area (Å²) in [7, 11) is 0. The molecule has 1 fully saturated rings. The number of rotatable bonds is 6. The van der Waals surface area contributed by atoms with E-state index in [0.717, 1.165) is 44.0 Å². The lowest BCUT2D eigenvalue weighted by molar-refractivity contribution is -0.128. The van der Waals surface area contributed by atoms with Gasteiger partial charge in [0.1, 0.15) is 0 Å². The number of anilines is 2. The molecular formula is C20H32N4O2. The van der Waals surface area contributed by atoms with Gasteiger partial charge >= 0.3 is 0 Å². The van der Waals surface area contributed by atoms with E-state index >= 15 is 0 Å². The van der Waals surface area contributed by atoms with Crippen LogP contribution in [0.5, 0.6) is 0 Å². The summed E-state index contributed by atoms with van der Waals surface area (Å²) in [4.78, 5) is 30.1. The maximum Gasteiger partial charge on any atom is 0.238 e. The van der Waals surface area contributed by atoms with Crippen LogP contribution in [0.2, 0.25) is 0 Å². The van der Waals surface area contributed by atoms with E-state index in [-0.39, 0.29) is 11.8 Å². The Kier molecular flexibility index (Phi) is 7.45. The topological polar surface area (TPSA) is 55.9 Å². The summed E-state index contributed by atoms with van der Waals surface area (Å²) >= 11 is 0. The molecule has 0 spiro atoms. The number of nitrogens with one attached hydrogen (secondary N) is 1. The first kappa shape index (κ1) is 20.2. The van der Waals surface area contributed by atoms with Gasteiger partial charge in [0.25, 0.3) is 0 Å². The fourth-order valence-corrected chi connectivity index (χ4v) is 3.43. The lowest BCUT2D eigenvalue weighted by Gasteiger charge is -2.27. The molecule has 1 aromatic carbocycles. The third-order valence-corrected chi connectivity index (χ3v) is 4.85. The van der Waals surface area contributed by atoms with Crippen molar-refractivity contribution >= 4 is 23.2 Å². The Labute approximate surface area is 157 Å². The molecule has 144 valence electrons. The smallest absolute Gasteiger partial charge is 0.238 e. The molecule has 1 aliphatic heterocycles. The van der Waals surface area contributed by atoms with Crippen LogP contribution in [0.15, 0.2) is 24.3 Å². The van der Waals surface area contributed by atoms with Crippen LogP contribution in [0.4, 0.5) is 11.4 Å². The average molecular weight is 361 g/mol. The molecule has 0 aliphatic carbocycles. The van der Waals surface area contributed by atoms with E-state index in [2.05, 4.69) is 48.0 Å². The van der Waals surface area contributed by atoms with E-state index in [0.29, 0.717) is 19.1 Å². The fourth-order valence-electron chi connectivity index (χ4n) is 3.43. The Morgan fingerprint density at radius 3 is 2.38 bits per heavy atom. The van der Waals surface area contributed by atoms with Crippen LogP contribution in [-0.4, -0.2) is 66.9 Å². The van der Waals surface area contributed by atoms with E-state index < -0.39 is 0 Å². The Balaban J connectivity index is 1.86. The summed E-state index contributed by atoms with van der Waals surface area (Å²) in [6, 6.07) is 8.46. The molecule has 0 radical (unpaired) electrons. The number of benzene rings is 1. The number of carbonyl (C=O) groups excluding carboxylic acids is 2. The van der Waals surface area contributed by atoms with Gasteiger partial charge in [-0.25, -0.2) is 0 Å². The highest BCUT2D eigenvalue weighted by Crippen LogP contribution is 2.20. The lowest BCUT2D eigenvalue weighted by atomic mass is 10.2. The van der Waals surface area contributed by atoms with Gasteiger partial charge in [0.2, 0.25) is 11.8 Å². The molecule has 2 amide bonds. The third-order valence-electron chi connectivity index (χ3n) is 4.85. The highest BCUT2D eigenvalue weighted by atomic mass is 16.2. The second kappa shape index (κ2) is 9.57. The Morgan fingerprint density at radius 1 is 1.12 bits per heavy atom. The summed E-state index contributed by atoms with van der Waals surface area (Å²) in [6.07, 6.45) is 0.906. The first-order chi connectivity index (χ1) is 12.4. The van der Waals surface area contributed by atoms with Crippen molar-refractivity contribution in [2.24, 2.45) is 0 Å². The van der Waals surface area contributed by atoms with Gasteiger partial charge in [0.15, 0.2) is 0 Å². The summed E-state index contributed by atoms with van der Waals surface area (Å²) in [5, 5.41) is 2.98. The lowest BCUT2D eigenvalue weighted by Crippen LogP contribution is -2.37. The molecule has 0 aromatic heterocycles. The predicted octanol–water partition coefficient (Wildman–Crippen LogP) is 2.41. The van der Waals surface area contributed by atoms with Gasteiger partial charge in [-0.15, -0.1) is 0 Å². The van der Waals surface area contributed by atoms with Gasteiger partial charge in [0, 0.05) is 57.1 Å². The predicted molar refractivity (Wildman–Crippen MR) is 107 cm³/mol. The number of nitrogens with zero attached hydrogens (tertiary/aromatic N) is 3. The normalized spacial score (nSPS) is 15.7. The van der Waals surface area contributed by atoms with Gasteiger partial charge < -0.3 is 15.1 Å². The van der Waals surface area contributed by atoms with Gasteiger partial charge in [0.05, 0.1) is 6.54 Å². The Bertz CT molecular complexity index is 600. The van der Waals surface area contributed by atoms with E-state index in [1.165, 1.54) is 0 Å². The maximum atomic E-state index is 12.3. The van der Waals surface area contributed by atoms with Crippen molar-refractivity contribution in [1.29, 1.82) is 0 Å². The third kappa shape index (κ3) is 5.73. The molecule has 1 heterocycles. The van der Waals surface area contributed by atoms with Gasteiger partial charge in [-0.3, -0.25) is 14.5 Å². The van der Waals surface area contributed by atoms with Crippen LogP contribution in [0, 0.1) is 0 Å². The van der Waals surface area contributed by atoms with Crippen LogP contribution in [0.1, 0.15) is 34.1 Å². The van der Waals surface area contributed by atoms with Crippen molar-refractivity contribution in [3.05, 3.63) is 24.3 Å². The van der Waals surface area contributed by atoms with Gasteiger partial charge in [-0.05, 0) is 51.5 Å². The van der Waals surface area contributed by atoms with Gasteiger partial charge in [-0.2, -0.15) is 0 Å². The fraction of sp³-hybridized carbons (Fsp3) is 0.600. The van der Waals surface area contributed by atoms with E-state index in [1.54, 1.807) is 6.92 Å². The minimum absolute atomic E-state index is 0.00904. The summed E-state index contributed by atoms with van der Waals surface area (Å²) < 4.78 is 0. The minimum Gasteiger partial charge on any atom is -0.369 e. The standard InChI is InChI=1S/C20H32N4O2/c1-5-24(16(2)3)19-9-7-18(8-10-19)21-20(26)15-22-11-6-12-23(14-13-22)17(4)25/h7-10,16H,5-6,11-15H2,1-4H3,(H,21,26). The second-order valence-electron chi connectivity index (χ2n) is 7.11. The molecule has 0 saturated carbocycles. The zero-order valence-corrected chi connectivity index (χ0v) is 16.5. The van der Waals surface area contributed by atoms with Gasteiger partial charge in [-0.1, -0.05) is 0 Å². The monoisotopic (exact) mass is 360 g/mol. The highest BCUT2D eigenvalue weighted by molar-refractivity contribution is 5.92. The Morgan fingerprint density at radius 2 is 1.81 bits per heavy atom. The van der Waals surface area contributed by atoms with Crippen molar-refractivity contribution < 1.29 is 9.59 Å². The second-order valence-corrected chi connectivity index (χ2v) is 7.11. The first-order valence-electron chi connectivity index (χ1n) is 9.55. The molecule has 6 heteroatoms. The number of carbonyl (C=O) groups is 2. The van der Waals surface area contributed by atoms with Crippen LogP contribution in [-0.2, 0) is 9.59 Å². The molecule has 26 heavy (non-hydrogen) atoms. The average Bonchev–Trinajstić information content (AvgIpc) is 2.82. The Hall–Kier alpha value is -2.08. The zero-order valence-electron chi connectivity index (χ0n) is 16.5. The summed E-state index contributed by atoms with van der Waals surface area (Å²) in [6.45, 7) is 12.5. The van der Waals surface area contributed by atoms with Crippen LogP contribution < -0.4 is 10.2 Å². The molecule has 0 unspecified atom stereocenters. The molecule has 6 nitrogen and oxygen atoms in total. The van der Waals surface area contributed by atoms with Crippen molar-refractivity contribution in [2.75, 3.05) is 49.5 Å². The van der Waals surface area contributed by atoms with Crippen molar-refractivity contribution in [2.45, 2.75) is 40.2 Å². The quantitative estimate of drug-likeness (QED) is 0.846. The summed E-state index contributed by atoms with van der Waals surface area (Å²) in [5.74, 6) is 0.101. The first-order valence-corrected chi connectivity index (χ1v) is 9.55. The van der Waals surface area contributed by atoms with Crippen LogP contribution in [0.25, 0.3) is 0 Å². The summed E-state index contributed by atoms with van der Waals surface area (Å²) in [5.41, 5.74) is 1.98. The molecule has 1 saturated heterocycles. The van der Waals surface area contributed by atoms with E-state index in [4.69, 9.17) is 0 Å². The molecule has 2 rings (SSSR count). The zero-order chi connectivity index (χ0) is 19.1. The highest BCUT2D eigenvalue weighted by Gasteiger charge is 2.18. The number of hydrogen-bond acceptors (Lipinski definition) is 4. The largest absolute Gasteiger partial charge is 0.369 e. The van der Waals surface area contributed by atoms with Crippen LogP contribution in [0.3, 0.4) is 0 Å². The van der Waals surface area contributed by atoms with E-state index in [9.17, 15) is 9.59 Å². The van der Waals surface area contributed by atoms with Crippen molar-refractivity contribution in [1.82, 2.24) is 9.80 Å². The molecular weight excluding hydrogens is 328 g/mol. The molecule has 0 bridgehead atoms. The van der Waals surface area contributed by atoms with Crippen molar-refractivity contribution in [3.8, 4) is 0 Å². The molecule has 1 aromatic rings. The molecule has 0 atom stereocenters. The molecule has 1 aliphatic rings. The number of hydrogen-bond donors (Lipinski definition) is 1. The minimum atomic E-state index is -0.00904. The number of amides is 2. The van der Waals surface area contributed by atoms with Crippen molar-refractivity contribution in [3.63, 3.8) is 0 Å². The maximum absolute atomic E-state index is 12.3. The van der Waals surface area contributed by atoms with E-state index in [1.807, 2.05) is 17.0 Å².